The fraction of sp³-hybridized carbons (Fsp3) is 0.278. The molecule has 0 atom stereocenters. The first-order chi connectivity index (χ1) is 11.4. The number of hydrogen-bond donors (Lipinski definition) is 1. The van der Waals surface area contributed by atoms with Gasteiger partial charge in [0.15, 0.2) is 5.13 Å². The molecule has 0 bridgehead atoms. The SMILES string of the molecule is CC(C)(C)c1csc(NC(=O)CSc2cccc3cccnc23)n1. The minimum atomic E-state index is -0.0530. The molecular weight excluding hydrogens is 338 g/mol. The number of anilines is 1. The number of aromatic nitrogens is 2. The Hall–Kier alpha value is -1.92. The van der Waals surface area contributed by atoms with Crippen molar-refractivity contribution in [2.24, 2.45) is 0 Å². The lowest BCUT2D eigenvalue weighted by molar-refractivity contribution is -0.113. The van der Waals surface area contributed by atoms with Crippen molar-refractivity contribution in [3.05, 3.63) is 47.6 Å². The van der Waals surface area contributed by atoms with Crippen LogP contribution in [0.5, 0.6) is 0 Å². The molecule has 6 heteroatoms. The van der Waals surface area contributed by atoms with E-state index in [1.165, 1.54) is 23.1 Å². The molecule has 2 aromatic heterocycles. The number of amides is 1. The molecular formula is C18H19N3OS2. The maximum absolute atomic E-state index is 12.2. The Morgan fingerprint density at radius 2 is 2.04 bits per heavy atom. The highest BCUT2D eigenvalue weighted by molar-refractivity contribution is 8.00. The van der Waals surface area contributed by atoms with Crippen molar-refractivity contribution in [1.29, 1.82) is 0 Å². The molecule has 1 N–H and O–H groups in total. The Bertz CT molecular complexity index is 863. The molecule has 0 saturated carbocycles. The predicted octanol–water partition coefficient (Wildman–Crippen LogP) is 4.72. The van der Waals surface area contributed by atoms with Gasteiger partial charge in [0, 0.05) is 27.3 Å². The molecule has 124 valence electrons. The first kappa shape index (κ1) is 16.9. The number of nitrogens with zero attached hydrogens (tertiary/aromatic N) is 2. The van der Waals surface area contributed by atoms with Crippen molar-refractivity contribution >= 4 is 45.0 Å². The summed E-state index contributed by atoms with van der Waals surface area (Å²) >= 11 is 2.96. The summed E-state index contributed by atoms with van der Waals surface area (Å²) in [7, 11) is 0. The number of hydrogen-bond acceptors (Lipinski definition) is 5. The number of rotatable bonds is 4. The molecule has 24 heavy (non-hydrogen) atoms. The number of fused-ring (bicyclic) bond motifs is 1. The normalized spacial score (nSPS) is 11.6. The number of carbonyl (C=O) groups is 1. The molecule has 2 heterocycles. The number of carbonyl (C=O) groups excluding carboxylic acids is 1. The van der Waals surface area contributed by atoms with Gasteiger partial charge in [0.05, 0.1) is 17.0 Å². The Kier molecular flexibility index (Phi) is 4.87. The largest absolute Gasteiger partial charge is 0.301 e. The first-order valence-corrected chi connectivity index (χ1v) is 9.52. The van der Waals surface area contributed by atoms with Gasteiger partial charge in [-0.1, -0.05) is 39.0 Å². The molecule has 0 fully saturated rings. The fourth-order valence-electron chi connectivity index (χ4n) is 2.17. The number of thiazole rings is 1. The van der Waals surface area contributed by atoms with Gasteiger partial charge in [-0.3, -0.25) is 9.78 Å². The summed E-state index contributed by atoms with van der Waals surface area (Å²) in [6, 6.07) is 9.94. The van der Waals surface area contributed by atoms with Crippen LogP contribution in [-0.2, 0) is 10.2 Å². The molecule has 0 radical (unpaired) electrons. The summed E-state index contributed by atoms with van der Waals surface area (Å²) in [4.78, 5) is 22.1. The maximum Gasteiger partial charge on any atom is 0.236 e. The smallest absolute Gasteiger partial charge is 0.236 e. The van der Waals surface area contributed by atoms with E-state index in [0.717, 1.165) is 21.5 Å². The summed E-state index contributed by atoms with van der Waals surface area (Å²) in [5, 5.41) is 6.61. The molecule has 0 aliphatic rings. The van der Waals surface area contributed by atoms with E-state index in [9.17, 15) is 4.79 Å². The molecule has 0 aliphatic carbocycles. The summed E-state index contributed by atoms with van der Waals surface area (Å²) in [5.74, 6) is 0.280. The highest BCUT2D eigenvalue weighted by Crippen LogP contribution is 2.28. The number of thioether (sulfide) groups is 1. The molecule has 0 aliphatic heterocycles. The van der Waals surface area contributed by atoms with Crippen molar-refractivity contribution < 1.29 is 4.79 Å². The van der Waals surface area contributed by atoms with Gasteiger partial charge in [0.25, 0.3) is 0 Å². The van der Waals surface area contributed by atoms with Crippen LogP contribution in [0.4, 0.5) is 5.13 Å². The third kappa shape index (κ3) is 3.94. The molecule has 1 aromatic carbocycles. The molecule has 0 saturated heterocycles. The van der Waals surface area contributed by atoms with E-state index in [1.54, 1.807) is 6.20 Å². The maximum atomic E-state index is 12.2. The van der Waals surface area contributed by atoms with Crippen molar-refractivity contribution in [2.75, 3.05) is 11.1 Å². The summed E-state index contributed by atoms with van der Waals surface area (Å²) in [6.45, 7) is 6.32. The van der Waals surface area contributed by atoms with Crippen LogP contribution in [0.25, 0.3) is 10.9 Å². The van der Waals surface area contributed by atoms with Gasteiger partial charge in [-0.05, 0) is 12.1 Å². The van der Waals surface area contributed by atoms with Gasteiger partial charge < -0.3 is 5.32 Å². The van der Waals surface area contributed by atoms with Crippen LogP contribution in [0.15, 0.2) is 46.8 Å². The van der Waals surface area contributed by atoms with Crippen molar-refractivity contribution in [3.8, 4) is 0 Å². The van der Waals surface area contributed by atoms with Gasteiger partial charge >= 0.3 is 0 Å². The third-order valence-electron chi connectivity index (χ3n) is 3.47. The van der Waals surface area contributed by atoms with Gasteiger partial charge in [-0.15, -0.1) is 23.1 Å². The van der Waals surface area contributed by atoms with Crippen LogP contribution in [0.2, 0.25) is 0 Å². The van der Waals surface area contributed by atoms with Gasteiger partial charge in [-0.25, -0.2) is 4.98 Å². The lowest BCUT2D eigenvalue weighted by Gasteiger charge is -2.14. The number of pyridine rings is 1. The monoisotopic (exact) mass is 357 g/mol. The third-order valence-corrected chi connectivity index (χ3v) is 5.28. The standard InChI is InChI=1S/C18H19N3OS2/c1-18(2,3)14-10-24-17(20-14)21-15(22)11-23-13-8-4-6-12-7-5-9-19-16(12)13/h4-10H,11H2,1-3H3,(H,20,21,22). The van der Waals surface area contributed by atoms with Gasteiger partial charge in [0.2, 0.25) is 5.91 Å². The minimum absolute atomic E-state index is 0.0111. The average Bonchev–Trinajstić information content (AvgIpc) is 3.01. The minimum Gasteiger partial charge on any atom is -0.301 e. The Morgan fingerprint density at radius 3 is 2.79 bits per heavy atom. The lowest BCUT2D eigenvalue weighted by Crippen LogP contribution is -2.15. The Morgan fingerprint density at radius 1 is 1.25 bits per heavy atom. The first-order valence-electron chi connectivity index (χ1n) is 7.66. The summed E-state index contributed by atoms with van der Waals surface area (Å²) in [5.41, 5.74) is 1.92. The molecule has 0 unspecified atom stereocenters. The average molecular weight is 358 g/mol. The van der Waals surface area contributed by atoms with E-state index in [1.807, 2.05) is 35.7 Å². The summed E-state index contributed by atoms with van der Waals surface area (Å²) in [6.07, 6.45) is 1.77. The zero-order valence-corrected chi connectivity index (χ0v) is 15.5. The van der Waals surface area contributed by atoms with Crippen LogP contribution in [0, 0.1) is 0 Å². The van der Waals surface area contributed by atoms with Crippen LogP contribution in [0.1, 0.15) is 26.5 Å². The summed E-state index contributed by atoms with van der Waals surface area (Å²) < 4.78 is 0. The van der Waals surface area contributed by atoms with E-state index < -0.39 is 0 Å². The van der Waals surface area contributed by atoms with Crippen LogP contribution < -0.4 is 5.32 Å². The Balaban J connectivity index is 1.64. The van der Waals surface area contributed by atoms with Gasteiger partial charge in [0.1, 0.15) is 0 Å². The van der Waals surface area contributed by atoms with Crippen LogP contribution in [-0.4, -0.2) is 21.6 Å². The second kappa shape index (κ2) is 6.91. The topological polar surface area (TPSA) is 54.9 Å². The number of nitrogens with one attached hydrogen (secondary N) is 1. The zero-order chi connectivity index (χ0) is 17.2. The number of benzene rings is 1. The van der Waals surface area contributed by atoms with E-state index in [-0.39, 0.29) is 11.3 Å². The zero-order valence-electron chi connectivity index (χ0n) is 13.9. The van der Waals surface area contributed by atoms with Crippen molar-refractivity contribution in [3.63, 3.8) is 0 Å². The predicted molar refractivity (Wildman–Crippen MR) is 102 cm³/mol. The van der Waals surface area contributed by atoms with Gasteiger partial charge in [-0.2, -0.15) is 0 Å². The van der Waals surface area contributed by atoms with E-state index in [4.69, 9.17) is 0 Å². The highest BCUT2D eigenvalue weighted by atomic mass is 32.2. The molecule has 0 spiro atoms. The molecule has 1 amide bonds. The second-order valence-corrected chi connectivity index (χ2v) is 8.33. The van der Waals surface area contributed by atoms with E-state index >= 15 is 0 Å². The van der Waals surface area contributed by atoms with Crippen LogP contribution in [0.3, 0.4) is 0 Å². The van der Waals surface area contributed by atoms with E-state index in [2.05, 4.69) is 36.1 Å². The second-order valence-electron chi connectivity index (χ2n) is 6.46. The highest BCUT2D eigenvalue weighted by Gasteiger charge is 2.18. The molecule has 3 rings (SSSR count). The number of para-hydroxylation sites is 1. The molecule has 4 nitrogen and oxygen atoms in total. The quantitative estimate of drug-likeness (QED) is 0.687. The fourth-order valence-corrected chi connectivity index (χ4v) is 3.96. The molecule has 3 aromatic rings. The van der Waals surface area contributed by atoms with Crippen LogP contribution >= 0.6 is 23.1 Å². The lowest BCUT2D eigenvalue weighted by atomic mass is 9.93. The van der Waals surface area contributed by atoms with Crippen molar-refractivity contribution in [2.45, 2.75) is 31.1 Å². The van der Waals surface area contributed by atoms with Crippen molar-refractivity contribution in [1.82, 2.24) is 9.97 Å². The Labute approximate surface area is 149 Å². The van der Waals surface area contributed by atoms with E-state index in [0.29, 0.717) is 10.9 Å².